The van der Waals surface area contributed by atoms with Crippen LogP contribution in [0.2, 0.25) is 5.02 Å². The highest BCUT2D eigenvalue weighted by atomic mass is 35.5. The number of carbonyl (C=O) groups is 1. The normalized spacial score (nSPS) is 19.7. The van der Waals surface area contributed by atoms with Gasteiger partial charge in [0.05, 0.1) is 17.3 Å². The second kappa shape index (κ2) is 8.79. The molecule has 2 N–H and O–H groups in total. The van der Waals surface area contributed by atoms with Crippen LogP contribution >= 0.6 is 11.6 Å². The maximum Gasteiger partial charge on any atom is 0.337 e. The summed E-state index contributed by atoms with van der Waals surface area (Å²) in [5, 5.41) is 14.2. The molecule has 0 amide bonds. The number of fused-ring (bicyclic) bond motifs is 5. The van der Waals surface area contributed by atoms with Gasteiger partial charge in [0.25, 0.3) is 0 Å². The molecule has 0 saturated heterocycles. The van der Waals surface area contributed by atoms with E-state index in [1.807, 2.05) is 42.5 Å². The molecule has 35 heavy (non-hydrogen) atoms. The largest absolute Gasteiger partial charge is 0.489 e. The van der Waals surface area contributed by atoms with Crippen LogP contribution in [0.5, 0.6) is 5.75 Å². The summed E-state index contributed by atoms with van der Waals surface area (Å²) < 4.78 is 5.98. The molecule has 0 radical (unpaired) electrons. The number of rotatable bonds is 5. The number of aromatic carboxylic acids is 1. The Morgan fingerprint density at radius 3 is 2.46 bits per heavy atom. The van der Waals surface area contributed by atoms with Crippen LogP contribution in [0.3, 0.4) is 0 Å². The van der Waals surface area contributed by atoms with Gasteiger partial charge in [-0.25, -0.2) is 4.79 Å². The lowest BCUT2D eigenvalue weighted by atomic mass is 9.75. The number of carboxylic acids is 1. The molecule has 1 aliphatic carbocycles. The average Bonchev–Trinajstić information content (AvgIpc) is 3.28. The quantitative estimate of drug-likeness (QED) is 0.319. The lowest BCUT2D eigenvalue weighted by Crippen LogP contribution is -2.31. The molecule has 4 aromatic carbocycles. The zero-order valence-corrected chi connectivity index (χ0v) is 19.7. The molecule has 0 aromatic heterocycles. The highest BCUT2D eigenvalue weighted by Gasteiger charge is 2.44. The Morgan fingerprint density at radius 1 is 0.914 bits per heavy atom. The first-order valence-corrected chi connectivity index (χ1v) is 12.1. The van der Waals surface area contributed by atoms with Gasteiger partial charge in [0.15, 0.2) is 0 Å². The number of anilines is 1. The molecule has 3 atom stereocenters. The van der Waals surface area contributed by atoms with Gasteiger partial charge in [-0.2, -0.15) is 0 Å². The number of para-hydroxylation sites is 1. The van der Waals surface area contributed by atoms with E-state index in [1.165, 1.54) is 11.1 Å². The summed E-state index contributed by atoms with van der Waals surface area (Å²) in [5.74, 6) is 0.297. The highest BCUT2D eigenvalue weighted by Crippen LogP contribution is 2.54. The molecular weight excluding hydrogens is 458 g/mol. The van der Waals surface area contributed by atoms with E-state index in [4.69, 9.17) is 16.3 Å². The fraction of sp³-hybridized carbons (Fsp3) is 0.167. The molecular formula is C30H24ClNO3. The number of ether oxygens (including phenoxy) is 1. The number of carboxylic acid groups (broad SMARTS) is 1. The molecule has 2 aliphatic rings. The van der Waals surface area contributed by atoms with Crippen LogP contribution in [-0.2, 0) is 13.0 Å². The first kappa shape index (κ1) is 21.8. The summed E-state index contributed by atoms with van der Waals surface area (Å²) in [6, 6.07) is 29.9. The molecule has 174 valence electrons. The Labute approximate surface area is 209 Å². The van der Waals surface area contributed by atoms with Gasteiger partial charge in [0.2, 0.25) is 0 Å². The lowest BCUT2D eigenvalue weighted by Gasteiger charge is -2.38. The Balaban J connectivity index is 1.33. The summed E-state index contributed by atoms with van der Waals surface area (Å²) >= 11 is 6.25. The smallest absolute Gasteiger partial charge is 0.337 e. The summed E-state index contributed by atoms with van der Waals surface area (Å²) in [5.41, 5.74) is 6.79. The Bertz CT molecular complexity index is 1420. The van der Waals surface area contributed by atoms with Crippen LogP contribution < -0.4 is 10.1 Å². The Hall–Kier alpha value is -3.76. The van der Waals surface area contributed by atoms with Crippen molar-refractivity contribution in [1.82, 2.24) is 0 Å². The van der Waals surface area contributed by atoms with E-state index in [9.17, 15) is 9.90 Å². The van der Waals surface area contributed by atoms with Crippen molar-refractivity contribution in [1.29, 1.82) is 0 Å². The maximum atomic E-state index is 12.0. The summed E-state index contributed by atoms with van der Waals surface area (Å²) in [4.78, 5) is 12.0. The summed E-state index contributed by atoms with van der Waals surface area (Å²) in [6.07, 6.45) is 0.944. The maximum absolute atomic E-state index is 12.0. The Kier molecular flexibility index (Phi) is 5.46. The van der Waals surface area contributed by atoms with E-state index in [2.05, 4.69) is 47.8 Å². The highest BCUT2D eigenvalue weighted by molar-refractivity contribution is 6.31. The molecule has 0 bridgehead atoms. The third-order valence-corrected chi connectivity index (χ3v) is 7.62. The number of benzene rings is 4. The van der Waals surface area contributed by atoms with Gasteiger partial charge in [-0.3, -0.25) is 0 Å². The molecule has 6 rings (SSSR count). The van der Waals surface area contributed by atoms with E-state index >= 15 is 0 Å². The van der Waals surface area contributed by atoms with Crippen molar-refractivity contribution >= 4 is 23.3 Å². The molecule has 0 fully saturated rings. The van der Waals surface area contributed by atoms with Crippen LogP contribution in [0.4, 0.5) is 5.69 Å². The van der Waals surface area contributed by atoms with Gasteiger partial charge in [-0.05, 0) is 58.9 Å². The van der Waals surface area contributed by atoms with Crippen LogP contribution in [0.15, 0.2) is 91.0 Å². The second-order valence-electron chi connectivity index (χ2n) is 9.19. The standard InChI is InChI=1S/C30H24ClNO3/c31-26-11-4-2-7-20(26)17-35-21-14-12-18(13-15-21)28-25-16-19-6-1-3-8-22(19)27(25)23-9-5-10-24(30(33)34)29(23)32-28/h1-15,25,27-28,32H,16-17H2,(H,33,34)/t25-,27-,28+/m0/s1. The summed E-state index contributed by atoms with van der Waals surface area (Å²) in [6.45, 7) is 0.399. The van der Waals surface area contributed by atoms with Gasteiger partial charge in [0, 0.05) is 16.5 Å². The second-order valence-corrected chi connectivity index (χ2v) is 9.60. The fourth-order valence-electron chi connectivity index (χ4n) is 5.64. The number of halogens is 1. The van der Waals surface area contributed by atoms with Gasteiger partial charge in [0.1, 0.15) is 12.4 Å². The van der Waals surface area contributed by atoms with Crippen molar-refractivity contribution in [3.63, 3.8) is 0 Å². The number of hydrogen-bond donors (Lipinski definition) is 2. The molecule has 0 spiro atoms. The molecule has 0 unspecified atom stereocenters. The Morgan fingerprint density at radius 2 is 1.66 bits per heavy atom. The van der Waals surface area contributed by atoms with E-state index in [1.54, 1.807) is 6.07 Å². The SMILES string of the molecule is O=C(O)c1cccc2c1N[C@H](c1ccc(OCc3ccccc3Cl)cc1)[C@H]1Cc3ccccc3[C@@H]21. The van der Waals surface area contributed by atoms with Crippen LogP contribution in [0.25, 0.3) is 0 Å². The molecule has 4 nitrogen and oxygen atoms in total. The molecule has 1 heterocycles. The molecule has 1 aliphatic heterocycles. The fourth-order valence-corrected chi connectivity index (χ4v) is 5.83. The van der Waals surface area contributed by atoms with Crippen LogP contribution in [0.1, 0.15) is 50.1 Å². The van der Waals surface area contributed by atoms with Crippen molar-refractivity contribution in [2.75, 3.05) is 5.32 Å². The number of nitrogens with one attached hydrogen (secondary N) is 1. The van der Waals surface area contributed by atoms with Crippen molar-refractivity contribution in [3.05, 3.63) is 129 Å². The van der Waals surface area contributed by atoms with Crippen molar-refractivity contribution in [2.45, 2.75) is 25.0 Å². The van der Waals surface area contributed by atoms with Crippen molar-refractivity contribution in [2.24, 2.45) is 5.92 Å². The molecule has 0 saturated carbocycles. The minimum Gasteiger partial charge on any atom is -0.489 e. The molecule has 4 aromatic rings. The van der Waals surface area contributed by atoms with Gasteiger partial charge < -0.3 is 15.2 Å². The minimum absolute atomic E-state index is 0.0157. The predicted molar refractivity (Wildman–Crippen MR) is 137 cm³/mol. The third kappa shape index (κ3) is 3.84. The zero-order chi connectivity index (χ0) is 23.9. The first-order chi connectivity index (χ1) is 17.1. The van der Waals surface area contributed by atoms with Crippen molar-refractivity contribution < 1.29 is 14.6 Å². The van der Waals surface area contributed by atoms with Gasteiger partial charge in [-0.1, -0.05) is 78.3 Å². The van der Waals surface area contributed by atoms with E-state index in [0.29, 0.717) is 23.1 Å². The predicted octanol–water partition coefficient (Wildman–Crippen LogP) is 7.09. The van der Waals surface area contributed by atoms with E-state index < -0.39 is 5.97 Å². The minimum atomic E-state index is -0.916. The first-order valence-electron chi connectivity index (χ1n) is 11.8. The van der Waals surface area contributed by atoms with Crippen LogP contribution in [0, 0.1) is 5.92 Å². The van der Waals surface area contributed by atoms with Crippen LogP contribution in [-0.4, -0.2) is 11.1 Å². The van der Waals surface area contributed by atoms with Crippen molar-refractivity contribution in [3.8, 4) is 5.75 Å². The average molecular weight is 482 g/mol. The van der Waals surface area contributed by atoms with Gasteiger partial charge in [-0.15, -0.1) is 0 Å². The van der Waals surface area contributed by atoms with Gasteiger partial charge >= 0.3 is 5.97 Å². The summed E-state index contributed by atoms with van der Waals surface area (Å²) in [7, 11) is 0. The number of hydrogen-bond acceptors (Lipinski definition) is 3. The lowest BCUT2D eigenvalue weighted by molar-refractivity contribution is 0.0697. The zero-order valence-electron chi connectivity index (χ0n) is 18.9. The van der Waals surface area contributed by atoms with E-state index in [0.717, 1.165) is 34.5 Å². The third-order valence-electron chi connectivity index (χ3n) is 7.26. The topological polar surface area (TPSA) is 58.6 Å². The molecule has 5 heteroatoms. The monoisotopic (exact) mass is 481 g/mol. The van der Waals surface area contributed by atoms with E-state index in [-0.39, 0.29) is 12.0 Å².